The highest BCUT2D eigenvalue weighted by molar-refractivity contribution is 5.90. The Bertz CT molecular complexity index is 518. The Morgan fingerprint density at radius 2 is 2.14 bits per heavy atom. The zero-order chi connectivity index (χ0) is 15.5. The topological polar surface area (TPSA) is 64.6 Å². The predicted molar refractivity (Wildman–Crippen MR) is 78.0 cm³/mol. The van der Waals surface area contributed by atoms with Crippen LogP contribution in [-0.2, 0) is 20.7 Å². The lowest BCUT2D eigenvalue weighted by atomic mass is 9.95. The zero-order valence-corrected chi connectivity index (χ0v) is 12.6. The third-order valence-electron chi connectivity index (χ3n) is 3.72. The standard InChI is InChI=1S/C16H21NO4/c1-4-9-16(2,15(19)20-3)17-14(18)13-10-11-7-5-6-8-12(11)21-13/h5-8,13H,4,9-10H2,1-3H3,(H,17,18)/t13-,16-/m1/s1. The van der Waals surface area contributed by atoms with Crippen LogP contribution in [0.1, 0.15) is 32.3 Å². The molecule has 0 saturated heterocycles. The molecular weight excluding hydrogens is 270 g/mol. The Morgan fingerprint density at radius 3 is 2.76 bits per heavy atom. The third kappa shape index (κ3) is 3.17. The highest BCUT2D eigenvalue weighted by Crippen LogP contribution is 2.28. The normalized spacial score (nSPS) is 19.1. The number of methoxy groups -OCH3 is 1. The van der Waals surface area contributed by atoms with Gasteiger partial charge in [0.2, 0.25) is 0 Å². The molecule has 0 aromatic heterocycles. The molecule has 0 spiro atoms. The van der Waals surface area contributed by atoms with Gasteiger partial charge in [0.1, 0.15) is 11.3 Å². The molecule has 1 aromatic carbocycles. The van der Waals surface area contributed by atoms with E-state index in [1.807, 2.05) is 31.2 Å². The number of para-hydroxylation sites is 1. The molecule has 2 atom stereocenters. The Kier molecular flexibility index (Phi) is 4.50. The Balaban J connectivity index is 2.06. The molecule has 5 heteroatoms. The van der Waals surface area contributed by atoms with E-state index < -0.39 is 17.6 Å². The first-order valence-electron chi connectivity index (χ1n) is 7.15. The van der Waals surface area contributed by atoms with Gasteiger partial charge in [-0.1, -0.05) is 31.5 Å². The van der Waals surface area contributed by atoms with Crippen molar-refractivity contribution in [2.45, 2.75) is 44.8 Å². The summed E-state index contributed by atoms with van der Waals surface area (Å²) in [5.41, 5.74) is -0.00783. The smallest absolute Gasteiger partial charge is 0.331 e. The molecule has 114 valence electrons. The van der Waals surface area contributed by atoms with Crippen molar-refractivity contribution < 1.29 is 19.1 Å². The van der Waals surface area contributed by atoms with E-state index in [2.05, 4.69) is 5.32 Å². The number of esters is 1. The van der Waals surface area contributed by atoms with Crippen LogP contribution >= 0.6 is 0 Å². The number of fused-ring (bicyclic) bond motifs is 1. The summed E-state index contributed by atoms with van der Waals surface area (Å²) >= 11 is 0. The number of hydrogen-bond donors (Lipinski definition) is 1. The SMILES string of the molecule is CCC[C@@](C)(NC(=O)[C@H]1Cc2ccccc2O1)C(=O)OC. The van der Waals surface area contributed by atoms with Crippen LogP contribution in [0.2, 0.25) is 0 Å². The second-order valence-electron chi connectivity index (χ2n) is 5.48. The molecule has 1 N–H and O–H groups in total. The first-order chi connectivity index (χ1) is 10.00. The number of benzene rings is 1. The molecule has 0 aliphatic carbocycles. The molecule has 0 saturated carbocycles. The molecule has 1 heterocycles. The van der Waals surface area contributed by atoms with Crippen molar-refractivity contribution in [3.63, 3.8) is 0 Å². The summed E-state index contributed by atoms with van der Waals surface area (Å²) in [6.07, 6.45) is 1.21. The monoisotopic (exact) mass is 291 g/mol. The summed E-state index contributed by atoms with van der Waals surface area (Å²) in [6, 6.07) is 7.56. The Labute approximate surface area is 124 Å². The van der Waals surface area contributed by atoms with Crippen molar-refractivity contribution in [3.05, 3.63) is 29.8 Å². The van der Waals surface area contributed by atoms with E-state index in [-0.39, 0.29) is 5.91 Å². The van der Waals surface area contributed by atoms with Crippen LogP contribution in [0.25, 0.3) is 0 Å². The number of rotatable bonds is 5. The molecule has 1 amide bonds. The van der Waals surface area contributed by atoms with E-state index in [1.165, 1.54) is 7.11 Å². The van der Waals surface area contributed by atoms with Crippen molar-refractivity contribution in [2.75, 3.05) is 7.11 Å². The van der Waals surface area contributed by atoms with Crippen molar-refractivity contribution in [1.29, 1.82) is 0 Å². The lowest BCUT2D eigenvalue weighted by Crippen LogP contribution is -2.56. The summed E-state index contributed by atoms with van der Waals surface area (Å²) in [5.74, 6) is 0.00803. The predicted octanol–water partition coefficient (Wildman–Crippen LogP) is 1.84. The van der Waals surface area contributed by atoms with Gasteiger partial charge in [-0.15, -0.1) is 0 Å². The van der Waals surface area contributed by atoms with Gasteiger partial charge >= 0.3 is 5.97 Å². The van der Waals surface area contributed by atoms with E-state index in [0.29, 0.717) is 12.8 Å². The van der Waals surface area contributed by atoms with Gasteiger partial charge in [0.05, 0.1) is 7.11 Å². The average molecular weight is 291 g/mol. The van der Waals surface area contributed by atoms with Crippen LogP contribution in [-0.4, -0.2) is 30.6 Å². The maximum absolute atomic E-state index is 12.4. The number of amides is 1. The van der Waals surface area contributed by atoms with Crippen molar-refractivity contribution in [2.24, 2.45) is 0 Å². The Hall–Kier alpha value is -2.04. The summed E-state index contributed by atoms with van der Waals surface area (Å²) in [5, 5.41) is 2.78. The van der Waals surface area contributed by atoms with E-state index in [1.54, 1.807) is 6.92 Å². The van der Waals surface area contributed by atoms with E-state index in [0.717, 1.165) is 17.7 Å². The highest BCUT2D eigenvalue weighted by atomic mass is 16.5. The fourth-order valence-electron chi connectivity index (χ4n) is 2.62. The van der Waals surface area contributed by atoms with Gasteiger partial charge in [0.15, 0.2) is 6.10 Å². The number of ether oxygens (including phenoxy) is 2. The highest BCUT2D eigenvalue weighted by Gasteiger charge is 2.39. The van der Waals surface area contributed by atoms with Gasteiger partial charge in [0.25, 0.3) is 5.91 Å². The second-order valence-corrected chi connectivity index (χ2v) is 5.48. The molecule has 0 radical (unpaired) electrons. The average Bonchev–Trinajstić information content (AvgIpc) is 2.90. The molecule has 0 unspecified atom stereocenters. The minimum Gasteiger partial charge on any atom is -0.480 e. The van der Waals surface area contributed by atoms with Gasteiger partial charge in [-0.2, -0.15) is 0 Å². The van der Waals surface area contributed by atoms with Crippen molar-refractivity contribution >= 4 is 11.9 Å². The van der Waals surface area contributed by atoms with Crippen molar-refractivity contribution in [1.82, 2.24) is 5.32 Å². The van der Waals surface area contributed by atoms with Crippen LogP contribution in [0.5, 0.6) is 5.75 Å². The van der Waals surface area contributed by atoms with Gasteiger partial charge in [-0.05, 0) is 25.0 Å². The van der Waals surface area contributed by atoms with Crippen LogP contribution in [0.3, 0.4) is 0 Å². The summed E-state index contributed by atoms with van der Waals surface area (Å²) in [6.45, 7) is 3.64. The van der Waals surface area contributed by atoms with Crippen LogP contribution in [0.4, 0.5) is 0 Å². The molecule has 0 fully saturated rings. The summed E-state index contributed by atoms with van der Waals surface area (Å²) in [7, 11) is 1.32. The lowest BCUT2D eigenvalue weighted by Gasteiger charge is -2.28. The molecule has 1 aliphatic heterocycles. The molecule has 2 rings (SSSR count). The molecule has 21 heavy (non-hydrogen) atoms. The van der Waals surface area contributed by atoms with Crippen LogP contribution in [0, 0.1) is 0 Å². The minimum absolute atomic E-state index is 0.285. The van der Waals surface area contributed by atoms with Crippen LogP contribution in [0.15, 0.2) is 24.3 Å². The number of hydrogen-bond acceptors (Lipinski definition) is 4. The maximum Gasteiger partial charge on any atom is 0.331 e. The summed E-state index contributed by atoms with van der Waals surface area (Å²) < 4.78 is 10.4. The largest absolute Gasteiger partial charge is 0.480 e. The van der Waals surface area contributed by atoms with Gasteiger partial charge < -0.3 is 14.8 Å². The number of carbonyl (C=O) groups is 2. The molecular formula is C16H21NO4. The second kappa shape index (κ2) is 6.16. The lowest BCUT2D eigenvalue weighted by molar-refractivity contribution is -0.151. The van der Waals surface area contributed by atoms with Gasteiger partial charge in [0, 0.05) is 6.42 Å². The van der Waals surface area contributed by atoms with E-state index >= 15 is 0 Å². The summed E-state index contributed by atoms with van der Waals surface area (Å²) in [4.78, 5) is 24.3. The fourth-order valence-corrected chi connectivity index (χ4v) is 2.62. The van der Waals surface area contributed by atoms with Gasteiger partial charge in [-0.25, -0.2) is 4.79 Å². The maximum atomic E-state index is 12.4. The molecule has 0 bridgehead atoms. The third-order valence-corrected chi connectivity index (χ3v) is 3.72. The molecule has 1 aliphatic rings. The fraction of sp³-hybridized carbons (Fsp3) is 0.500. The van der Waals surface area contributed by atoms with Crippen LogP contribution < -0.4 is 10.1 Å². The van der Waals surface area contributed by atoms with Crippen molar-refractivity contribution in [3.8, 4) is 5.75 Å². The quantitative estimate of drug-likeness (QED) is 0.841. The zero-order valence-electron chi connectivity index (χ0n) is 12.6. The number of carbonyl (C=O) groups excluding carboxylic acids is 2. The first kappa shape index (κ1) is 15.4. The first-order valence-corrected chi connectivity index (χ1v) is 7.15. The molecule has 1 aromatic rings. The van der Waals surface area contributed by atoms with E-state index in [4.69, 9.17) is 9.47 Å². The Morgan fingerprint density at radius 1 is 1.43 bits per heavy atom. The molecule has 5 nitrogen and oxygen atoms in total. The number of nitrogens with one attached hydrogen (secondary N) is 1. The van der Waals surface area contributed by atoms with Gasteiger partial charge in [-0.3, -0.25) is 4.79 Å². The minimum atomic E-state index is -1.02. The van der Waals surface area contributed by atoms with E-state index in [9.17, 15) is 9.59 Å².